The molecule has 0 aliphatic heterocycles. The number of carbonyl (C=O) groups is 2. The average molecular weight is 454 g/mol. The van der Waals surface area contributed by atoms with E-state index in [1.165, 1.54) is 55.6 Å². The predicted octanol–water partition coefficient (Wildman–Crippen LogP) is 4.62. The van der Waals surface area contributed by atoms with Crippen LogP contribution >= 0.6 is 0 Å². The van der Waals surface area contributed by atoms with Gasteiger partial charge >= 0.3 is 0 Å². The third-order valence-corrected chi connectivity index (χ3v) is 4.75. The number of carbonyl (C=O) groups excluding carboxylic acids is 2. The van der Waals surface area contributed by atoms with Gasteiger partial charge in [-0.05, 0) is 72.6 Å². The van der Waals surface area contributed by atoms with E-state index in [0.717, 1.165) is 6.42 Å². The zero-order valence-electron chi connectivity index (χ0n) is 18.2. The first kappa shape index (κ1) is 23.7. The number of benzene rings is 3. The van der Waals surface area contributed by atoms with Crippen LogP contribution < -0.4 is 20.1 Å². The highest BCUT2D eigenvalue weighted by Crippen LogP contribution is 2.30. The summed E-state index contributed by atoms with van der Waals surface area (Å²) in [6.07, 6.45) is -0.186. The second-order valence-corrected chi connectivity index (χ2v) is 7.15. The number of rotatable bonds is 9. The molecular weight excluding hydrogens is 430 g/mol. The van der Waals surface area contributed by atoms with Crippen molar-refractivity contribution in [1.29, 1.82) is 0 Å². The predicted molar refractivity (Wildman–Crippen MR) is 119 cm³/mol. The summed E-state index contributed by atoms with van der Waals surface area (Å²) in [5.41, 5.74) is 0.953. The Bertz CT molecular complexity index is 1040. The van der Waals surface area contributed by atoms with E-state index in [0.29, 0.717) is 23.7 Å². The Balaban J connectivity index is 1.91. The van der Waals surface area contributed by atoms with E-state index in [1.54, 1.807) is 18.2 Å². The molecule has 3 aromatic carbocycles. The van der Waals surface area contributed by atoms with Crippen LogP contribution in [-0.2, 0) is 0 Å². The van der Waals surface area contributed by atoms with Crippen molar-refractivity contribution in [3.63, 3.8) is 0 Å². The second-order valence-electron chi connectivity index (χ2n) is 7.15. The van der Waals surface area contributed by atoms with Crippen molar-refractivity contribution in [2.45, 2.75) is 19.5 Å². The molecule has 0 aliphatic carbocycles. The van der Waals surface area contributed by atoms with Crippen LogP contribution in [0.1, 0.15) is 45.8 Å². The van der Waals surface area contributed by atoms with Gasteiger partial charge in [0.2, 0.25) is 0 Å². The van der Waals surface area contributed by atoms with Gasteiger partial charge in [0.1, 0.15) is 17.8 Å². The van der Waals surface area contributed by atoms with Gasteiger partial charge in [-0.2, -0.15) is 0 Å². The summed E-state index contributed by atoms with van der Waals surface area (Å²) in [4.78, 5) is 25.6. The SMILES string of the molecule is CCCOc1cc(C(NC(=O)c2ccc(F)cc2)NC(=O)c2ccc(F)cc2)ccc1OC. The highest BCUT2D eigenvalue weighted by Gasteiger charge is 2.21. The van der Waals surface area contributed by atoms with Crippen LogP contribution in [0.5, 0.6) is 11.5 Å². The van der Waals surface area contributed by atoms with Gasteiger partial charge in [0.25, 0.3) is 11.8 Å². The zero-order valence-corrected chi connectivity index (χ0v) is 18.2. The quantitative estimate of drug-likeness (QED) is 0.463. The highest BCUT2D eigenvalue weighted by molar-refractivity contribution is 5.96. The second kappa shape index (κ2) is 11.1. The molecular formula is C25H24F2N2O4. The lowest BCUT2D eigenvalue weighted by molar-refractivity contribution is 0.0883. The Kier molecular flexibility index (Phi) is 7.96. The molecule has 0 unspecified atom stereocenters. The minimum Gasteiger partial charge on any atom is -0.493 e. The molecule has 3 rings (SSSR count). The van der Waals surface area contributed by atoms with E-state index in [9.17, 15) is 18.4 Å². The third kappa shape index (κ3) is 6.29. The summed E-state index contributed by atoms with van der Waals surface area (Å²) in [7, 11) is 1.51. The molecule has 0 atom stereocenters. The fourth-order valence-corrected chi connectivity index (χ4v) is 3.03. The van der Waals surface area contributed by atoms with E-state index >= 15 is 0 Å². The average Bonchev–Trinajstić information content (AvgIpc) is 2.82. The maximum Gasteiger partial charge on any atom is 0.253 e. The van der Waals surface area contributed by atoms with Crippen LogP contribution in [0.3, 0.4) is 0 Å². The summed E-state index contributed by atoms with van der Waals surface area (Å²) < 4.78 is 37.6. The first-order chi connectivity index (χ1) is 15.9. The maximum absolute atomic E-state index is 13.2. The van der Waals surface area contributed by atoms with Crippen LogP contribution in [0.15, 0.2) is 66.7 Å². The number of hydrogen-bond acceptors (Lipinski definition) is 4. The number of methoxy groups -OCH3 is 1. The topological polar surface area (TPSA) is 76.7 Å². The van der Waals surface area contributed by atoms with E-state index in [-0.39, 0.29) is 11.1 Å². The van der Waals surface area contributed by atoms with Gasteiger partial charge in [0.05, 0.1) is 13.7 Å². The normalized spacial score (nSPS) is 10.6. The molecule has 33 heavy (non-hydrogen) atoms. The highest BCUT2D eigenvalue weighted by atomic mass is 19.1. The Morgan fingerprint density at radius 1 is 0.818 bits per heavy atom. The van der Waals surface area contributed by atoms with Gasteiger partial charge in [0.15, 0.2) is 11.5 Å². The van der Waals surface area contributed by atoms with Gasteiger partial charge < -0.3 is 20.1 Å². The van der Waals surface area contributed by atoms with Crippen molar-refractivity contribution in [3.8, 4) is 11.5 Å². The van der Waals surface area contributed by atoms with Crippen molar-refractivity contribution in [2.75, 3.05) is 13.7 Å². The number of halogens is 2. The smallest absolute Gasteiger partial charge is 0.253 e. The first-order valence-corrected chi connectivity index (χ1v) is 10.3. The molecule has 2 N–H and O–H groups in total. The van der Waals surface area contributed by atoms with Crippen LogP contribution in [0.25, 0.3) is 0 Å². The molecule has 3 aromatic rings. The molecule has 2 amide bonds. The van der Waals surface area contributed by atoms with Gasteiger partial charge in [0, 0.05) is 11.1 Å². The first-order valence-electron chi connectivity index (χ1n) is 10.3. The molecule has 0 saturated carbocycles. The Labute approximate surface area is 190 Å². The van der Waals surface area contributed by atoms with Gasteiger partial charge in [-0.25, -0.2) is 8.78 Å². The monoisotopic (exact) mass is 454 g/mol. The van der Waals surface area contributed by atoms with Crippen molar-refractivity contribution in [1.82, 2.24) is 10.6 Å². The van der Waals surface area contributed by atoms with Crippen LogP contribution in [0, 0.1) is 11.6 Å². The fourth-order valence-electron chi connectivity index (χ4n) is 3.03. The largest absolute Gasteiger partial charge is 0.493 e. The summed E-state index contributed by atoms with van der Waals surface area (Å²) in [5.74, 6) is -1.03. The van der Waals surface area contributed by atoms with E-state index in [2.05, 4.69) is 10.6 Å². The fraction of sp³-hybridized carbons (Fsp3) is 0.200. The summed E-state index contributed by atoms with van der Waals surface area (Å²) in [5, 5.41) is 5.48. The zero-order chi connectivity index (χ0) is 23.8. The molecule has 8 heteroatoms. The molecule has 0 radical (unpaired) electrons. The molecule has 0 heterocycles. The number of nitrogens with one attached hydrogen (secondary N) is 2. The molecule has 6 nitrogen and oxygen atoms in total. The van der Waals surface area contributed by atoms with E-state index in [1.807, 2.05) is 6.92 Å². The van der Waals surface area contributed by atoms with Gasteiger partial charge in [-0.3, -0.25) is 9.59 Å². The van der Waals surface area contributed by atoms with Crippen LogP contribution in [-0.4, -0.2) is 25.5 Å². The third-order valence-electron chi connectivity index (χ3n) is 4.75. The molecule has 0 aromatic heterocycles. The van der Waals surface area contributed by atoms with Crippen molar-refractivity contribution < 1.29 is 27.8 Å². The molecule has 0 saturated heterocycles. The van der Waals surface area contributed by atoms with Crippen molar-refractivity contribution in [3.05, 3.63) is 95.1 Å². The molecule has 0 spiro atoms. The number of hydrogen-bond donors (Lipinski definition) is 2. The van der Waals surface area contributed by atoms with Crippen LogP contribution in [0.4, 0.5) is 8.78 Å². The maximum atomic E-state index is 13.2. The Morgan fingerprint density at radius 2 is 1.33 bits per heavy atom. The van der Waals surface area contributed by atoms with Gasteiger partial charge in [-0.1, -0.05) is 13.0 Å². The molecule has 172 valence electrons. The minimum atomic E-state index is -0.963. The molecule has 0 aliphatic rings. The van der Waals surface area contributed by atoms with E-state index in [4.69, 9.17) is 9.47 Å². The lowest BCUT2D eigenvalue weighted by Gasteiger charge is -2.22. The minimum absolute atomic E-state index is 0.216. The lowest BCUT2D eigenvalue weighted by atomic mass is 10.1. The summed E-state index contributed by atoms with van der Waals surface area (Å²) in [6.45, 7) is 2.42. The summed E-state index contributed by atoms with van der Waals surface area (Å²) in [6, 6.07) is 15.1. The number of amides is 2. The van der Waals surface area contributed by atoms with Gasteiger partial charge in [-0.15, -0.1) is 0 Å². The van der Waals surface area contributed by atoms with Crippen molar-refractivity contribution >= 4 is 11.8 Å². The molecule has 0 fully saturated rings. The standard InChI is InChI=1S/C25H24F2N2O4/c1-3-14-33-22-15-18(8-13-21(22)32-2)23(28-24(30)16-4-9-19(26)10-5-16)29-25(31)17-6-11-20(27)12-7-17/h4-13,15,23H,3,14H2,1-2H3,(H,28,30)(H,29,31). The van der Waals surface area contributed by atoms with Crippen molar-refractivity contribution in [2.24, 2.45) is 0 Å². The van der Waals surface area contributed by atoms with Crippen LogP contribution in [0.2, 0.25) is 0 Å². The number of ether oxygens (including phenoxy) is 2. The lowest BCUT2D eigenvalue weighted by Crippen LogP contribution is -2.41. The Morgan fingerprint density at radius 3 is 1.79 bits per heavy atom. The Hall–Kier alpha value is -3.94. The van der Waals surface area contributed by atoms with E-state index < -0.39 is 29.6 Å². The summed E-state index contributed by atoms with van der Waals surface area (Å²) >= 11 is 0. The molecule has 0 bridgehead atoms.